The van der Waals surface area contributed by atoms with Gasteiger partial charge in [-0.1, -0.05) is 19.9 Å². The van der Waals surface area contributed by atoms with E-state index in [0.717, 1.165) is 57.2 Å². The second kappa shape index (κ2) is 9.61. The fourth-order valence-electron chi connectivity index (χ4n) is 3.61. The molecule has 1 aromatic carbocycles. The fraction of sp³-hybridized carbons (Fsp3) is 0.524. The van der Waals surface area contributed by atoms with E-state index >= 15 is 0 Å². The fourth-order valence-corrected chi connectivity index (χ4v) is 3.61. The van der Waals surface area contributed by atoms with Crippen LogP contribution in [0.25, 0.3) is 0 Å². The summed E-state index contributed by atoms with van der Waals surface area (Å²) in [4.78, 5) is 21.0. The summed E-state index contributed by atoms with van der Waals surface area (Å²) in [5.41, 5.74) is -0.609. The van der Waals surface area contributed by atoms with Crippen LogP contribution in [-0.2, 0) is 17.5 Å². The van der Waals surface area contributed by atoms with Crippen molar-refractivity contribution in [2.45, 2.75) is 32.5 Å². The van der Waals surface area contributed by atoms with Gasteiger partial charge in [0.05, 0.1) is 12.1 Å². The Hall–Kier alpha value is -2.39. The minimum absolute atomic E-state index is 0.162. The van der Waals surface area contributed by atoms with Crippen molar-refractivity contribution in [1.29, 1.82) is 0 Å². The molecule has 1 N–H and O–H groups in total. The van der Waals surface area contributed by atoms with Crippen LogP contribution in [0, 0.1) is 0 Å². The number of nitrogens with one attached hydrogen (secondary N) is 1. The van der Waals surface area contributed by atoms with Crippen molar-refractivity contribution in [3.05, 3.63) is 48.0 Å². The molecule has 0 bridgehead atoms. The largest absolute Gasteiger partial charge is 0.416 e. The first-order chi connectivity index (χ1) is 14.2. The van der Waals surface area contributed by atoms with Crippen molar-refractivity contribution in [1.82, 2.24) is 19.4 Å². The summed E-state index contributed by atoms with van der Waals surface area (Å²) in [6.45, 7) is 9.41. The normalized spacial score (nSPS) is 16.2. The van der Waals surface area contributed by atoms with Gasteiger partial charge in [-0.3, -0.25) is 14.6 Å². The van der Waals surface area contributed by atoms with Crippen molar-refractivity contribution in [3.63, 3.8) is 0 Å². The van der Waals surface area contributed by atoms with E-state index < -0.39 is 11.7 Å². The number of piperazine rings is 1. The van der Waals surface area contributed by atoms with Crippen LogP contribution in [0.4, 0.5) is 18.9 Å². The van der Waals surface area contributed by atoms with Gasteiger partial charge in [0.2, 0.25) is 5.91 Å². The summed E-state index contributed by atoms with van der Waals surface area (Å²) in [5.74, 6) is 1.16. The van der Waals surface area contributed by atoms with Gasteiger partial charge in [0, 0.05) is 63.3 Å². The number of hydrogen-bond acceptors (Lipinski definition) is 4. The van der Waals surface area contributed by atoms with Crippen LogP contribution in [-0.4, -0.2) is 64.5 Å². The van der Waals surface area contributed by atoms with Gasteiger partial charge in [-0.15, -0.1) is 0 Å². The molecule has 30 heavy (non-hydrogen) atoms. The Morgan fingerprint density at radius 1 is 1.13 bits per heavy atom. The average Bonchev–Trinajstić information content (AvgIpc) is 3.16. The summed E-state index contributed by atoms with van der Waals surface area (Å²) >= 11 is 0. The number of alkyl halides is 3. The quantitative estimate of drug-likeness (QED) is 0.743. The SMILES string of the molecule is CC(C)c1nccn1CCN1CCN(CC(=O)Nc2cccc(C(F)(F)F)c2)CC1. The first-order valence-electron chi connectivity index (χ1n) is 10.1. The zero-order valence-corrected chi connectivity index (χ0v) is 17.3. The average molecular weight is 423 g/mol. The molecule has 1 saturated heterocycles. The van der Waals surface area contributed by atoms with Crippen molar-refractivity contribution in [2.24, 2.45) is 0 Å². The number of aromatic nitrogens is 2. The highest BCUT2D eigenvalue weighted by atomic mass is 19.4. The molecule has 1 fully saturated rings. The lowest BCUT2D eigenvalue weighted by atomic mass is 10.2. The van der Waals surface area contributed by atoms with Crippen LogP contribution in [0.5, 0.6) is 0 Å². The topological polar surface area (TPSA) is 53.4 Å². The standard InChI is InChI=1S/C21H28F3N5O/c1-16(2)20-25-6-7-29(20)13-12-27-8-10-28(11-9-27)15-19(30)26-18-5-3-4-17(14-18)21(22,23)24/h3-7,14,16H,8-13,15H2,1-2H3,(H,26,30). The Morgan fingerprint density at radius 3 is 2.50 bits per heavy atom. The molecule has 164 valence electrons. The van der Waals surface area contributed by atoms with Crippen LogP contribution in [0.1, 0.15) is 31.2 Å². The smallest absolute Gasteiger partial charge is 0.333 e. The lowest BCUT2D eigenvalue weighted by molar-refractivity contribution is -0.137. The number of amides is 1. The molecule has 0 unspecified atom stereocenters. The first kappa shape index (κ1) is 22.3. The van der Waals surface area contributed by atoms with Gasteiger partial charge in [-0.2, -0.15) is 13.2 Å². The van der Waals surface area contributed by atoms with Crippen LogP contribution in [0.2, 0.25) is 0 Å². The second-order valence-electron chi connectivity index (χ2n) is 7.88. The van der Waals surface area contributed by atoms with Crippen molar-refractivity contribution < 1.29 is 18.0 Å². The van der Waals surface area contributed by atoms with E-state index in [0.29, 0.717) is 5.92 Å². The number of nitrogens with zero attached hydrogens (tertiary/aromatic N) is 4. The second-order valence-corrected chi connectivity index (χ2v) is 7.88. The Morgan fingerprint density at radius 2 is 1.83 bits per heavy atom. The zero-order chi connectivity index (χ0) is 21.7. The van der Waals surface area contributed by atoms with Gasteiger partial charge >= 0.3 is 6.18 Å². The molecule has 0 radical (unpaired) electrons. The number of hydrogen-bond donors (Lipinski definition) is 1. The minimum atomic E-state index is -4.43. The Bertz CT molecular complexity index is 841. The molecule has 1 aliphatic heterocycles. The molecule has 1 amide bonds. The van der Waals surface area contributed by atoms with Crippen molar-refractivity contribution in [3.8, 4) is 0 Å². The summed E-state index contributed by atoms with van der Waals surface area (Å²) in [6.07, 6.45) is -0.594. The van der Waals surface area contributed by atoms with Gasteiger partial charge in [0.15, 0.2) is 0 Å². The third-order valence-electron chi connectivity index (χ3n) is 5.23. The molecule has 6 nitrogen and oxygen atoms in total. The third-order valence-corrected chi connectivity index (χ3v) is 5.23. The zero-order valence-electron chi connectivity index (χ0n) is 17.3. The van der Waals surface area contributed by atoms with E-state index in [1.807, 2.05) is 17.3 Å². The number of anilines is 1. The third kappa shape index (κ3) is 6.06. The molecule has 0 spiro atoms. The van der Waals surface area contributed by atoms with Crippen LogP contribution >= 0.6 is 0 Å². The number of imidazole rings is 1. The maximum atomic E-state index is 12.8. The maximum Gasteiger partial charge on any atom is 0.416 e. The summed E-state index contributed by atoms with van der Waals surface area (Å²) in [5, 5.41) is 2.57. The number of carbonyl (C=O) groups excluding carboxylic acids is 1. The summed E-state index contributed by atoms with van der Waals surface area (Å²) in [6, 6.07) is 4.70. The van der Waals surface area contributed by atoms with Gasteiger partial charge in [-0.25, -0.2) is 4.98 Å². The molecule has 9 heteroatoms. The molecule has 0 saturated carbocycles. The lowest BCUT2D eigenvalue weighted by Crippen LogP contribution is -2.49. The molecule has 3 rings (SSSR count). The molecule has 1 aromatic heterocycles. The Labute approximate surface area is 174 Å². The Kier molecular flexibility index (Phi) is 7.14. The molecule has 2 aromatic rings. The van der Waals surface area contributed by atoms with Crippen LogP contribution < -0.4 is 5.32 Å². The number of carbonyl (C=O) groups is 1. The van der Waals surface area contributed by atoms with Crippen LogP contribution in [0.3, 0.4) is 0 Å². The highest BCUT2D eigenvalue weighted by Gasteiger charge is 2.30. The molecule has 0 aliphatic carbocycles. The van der Waals surface area contributed by atoms with Gasteiger partial charge in [0.25, 0.3) is 0 Å². The summed E-state index contributed by atoms with van der Waals surface area (Å²) < 4.78 is 40.6. The van der Waals surface area contributed by atoms with Gasteiger partial charge in [0.1, 0.15) is 5.82 Å². The highest BCUT2D eigenvalue weighted by molar-refractivity contribution is 5.92. The van der Waals surface area contributed by atoms with E-state index in [-0.39, 0.29) is 18.1 Å². The van der Waals surface area contributed by atoms with Gasteiger partial charge < -0.3 is 9.88 Å². The van der Waals surface area contributed by atoms with Crippen LogP contribution in [0.15, 0.2) is 36.7 Å². The van der Waals surface area contributed by atoms with E-state index in [1.54, 1.807) is 0 Å². The van der Waals surface area contributed by atoms with E-state index in [9.17, 15) is 18.0 Å². The lowest BCUT2D eigenvalue weighted by Gasteiger charge is -2.34. The van der Waals surface area contributed by atoms with E-state index in [2.05, 4.69) is 33.6 Å². The minimum Gasteiger partial charge on any atom is -0.333 e. The van der Waals surface area contributed by atoms with E-state index in [1.165, 1.54) is 12.1 Å². The van der Waals surface area contributed by atoms with Gasteiger partial charge in [-0.05, 0) is 18.2 Å². The predicted octanol–water partition coefficient (Wildman–Crippen LogP) is 3.28. The summed E-state index contributed by atoms with van der Waals surface area (Å²) in [7, 11) is 0. The molecule has 1 aliphatic rings. The molecular weight excluding hydrogens is 395 g/mol. The maximum absolute atomic E-state index is 12.8. The molecular formula is C21H28F3N5O. The number of benzene rings is 1. The number of rotatable bonds is 7. The number of halogens is 3. The van der Waals surface area contributed by atoms with Crippen molar-refractivity contribution in [2.75, 3.05) is 44.6 Å². The van der Waals surface area contributed by atoms with E-state index in [4.69, 9.17) is 0 Å². The predicted molar refractivity (Wildman–Crippen MR) is 109 cm³/mol. The Balaban J connectivity index is 1.42. The first-order valence-corrected chi connectivity index (χ1v) is 10.1. The van der Waals surface area contributed by atoms with Crippen molar-refractivity contribution >= 4 is 11.6 Å². The monoisotopic (exact) mass is 423 g/mol. The molecule has 0 atom stereocenters. The highest BCUT2D eigenvalue weighted by Crippen LogP contribution is 2.30. The molecule has 2 heterocycles.